The van der Waals surface area contributed by atoms with Gasteiger partial charge in [0.2, 0.25) is 0 Å². The summed E-state index contributed by atoms with van der Waals surface area (Å²) in [5.41, 5.74) is 3.31. The number of amides is 1. The van der Waals surface area contributed by atoms with Crippen molar-refractivity contribution in [2.45, 2.75) is 33.4 Å². The van der Waals surface area contributed by atoms with Crippen molar-refractivity contribution in [2.75, 3.05) is 16.8 Å². The predicted molar refractivity (Wildman–Crippen MR) is 118 cm³/mol. The van der Waals surface area contributed by atoms with Gasteiger partial charge in [-0.15, -0.1) is 0 Å². The Bertz CT molecular complexity index is 907. The van der Waals surface area contributed by atoms with Crippen LogP contribution in [0.2, 0.25) is 0 Å². The Labute approximate surface area is 172 Å². The largest absolute Gasteiger partial charge is 0.494 e. The SMILES string of the molecule is CCOc1ccc(NC(=O)c2ccc(N(Cc3ccccc3)C(C)C)cn2)cc1. The highest BCUT2D eigenvalue weighted by Crippen LogP contribution is 2.20. The molecule has 0 saturated heterocycles. The third-order valence-electron chi connectivity index (χ3n) is 4.55. The van der Waals surface area contributed by atoms with Crippen LogP contribution in [0.4, 0.5) is 11.4 Å². The summed E-state index contributed by atoms with van der Waals surface area (Å²) in [4.78, 5) is 19.2. The fraction of sp³-hybridized carbons (Fsp3) is 0.250. The van der Waals surface area contributed by atoms with Crippen molar-refractivity contribution in [3.8, 4) is 5.75 Å². The summed E-state index contributed by atoms with van der Waals surface area (Å²) in [6.07, 6.45) is 1.76. The van der Waals surface area contributed by atoms with Gasteiger partial charge in [0.25, 0.3) is 5.91 Å². The molecule has 0 aliphatic rings. The number of hydrogen-bond donors (Lipinski definition) is 1. The average molecular weight is 389 g/mol. The zero-order valence-corrected chi connectivity index (χ0v) is 17.1. The molecule has 0 aliphatic carbocycles. The minimum absolute atomic E-state index is 0.236. The van der Waals surface area contributed by atoms with Gasteiger partial charge in [0.05, 0.1) is 18.5 Å². The van der Waals surface area contributed by atoms with E-state index in [2.05, 4.69) is 41.2 Å². The number of nitrogens with zero attached hydrogens (tertiary/aromatic N) is 2. The topological polar surface area (TPSA) is 54.5 Å². The summed E-state index contributed by atoms with van der Waals surface area (Å²) >= 11 is 0. The van der Waals surface area contributed by atoms with Gasteiger partial charge in [-0.3, -0.25) is 4.79 Å². The van der Waals surface area contributed by atoms with E-state index in [1.54, 1.807) is 12.3 Å². The highest BCUT2D eigenvalue weighted by atomic mass is 16.5. The number of benzene rings is 2. The van der Waals surface area contributed by atoms with Crippen LogP contribution in [0.5, 0.6) is 5.75 Å². The molecule has 0 spiro atoms. The minimum Gasteiger partial charge on any atom is -0.494 e. The number of carbonyl (C=O) groups is 1. The summed E-state index contributed by atoms with van der Waals surface area (Å²) in [7, 11) is 0. The van der Waals surface area contributed by atoms with Crippen LogP contribution >= 0.6 is 0 Å². The van der Waals surface area contributed by atoms with Crippen LogP contribution in [-0.4, -0.2) is 23.5 Å². The molecule has 3 aromatic rings. The average Bonchev–Trinajstić information content (AvgIpc) is 2.74. The maximum Gasteiger partial charge on any atom is 0.274 e. The Morgan fingerprint density at radius 2 is 1.76 bits per heavy atom. The minimum atomic E-state index is -0.236. The molecule has 0 bridgehead atoms. The molecule has 1 aromatic heterocycles. The molecule has 0 aliphatic heterocycles. The highest BCUT2D eigenvalue weighted by molar-refractivity contribution is 6.02. The number of aromatic nitrogens is 1. The van der Waals surface area contributed by atoms with Crippen LogP contribution in [0.1, 0.15) is 36.8 Å². The Kier molecular flexibility index (Phi) is 6.85. The van der Waals surface area contributed by atoms with E-state index >= 15 is 0 Å². The number of hydrogen-bond acceptors (Lipinski definition) is 4. The Balaban J connectivity index is 1.68. The second kappa shape index (κ2) is 9.73. The first kappa shape index (κ1) is 20.4. The van der Waals surface area contributed by atoms with Gasteiger partial charge in [0.1, 0.15) is 11.4 Å². The fourth-order valence-electron chi connectivity index (χ4n) is 3.04. The molecule has 5 heteroatoms. The van der Waals surface area contributed by atoms with E-state index in [9.17, 15) is 4.79 Å². The summed E-state index contributed by atoms with van der Waals surface area (Å²) in [6, 6.07) is 21.6. The Morgan fingerprint density at radius 3 is 2.34 bits per heavy atom. The number of carbonyl (C=O) groups excluding carboxylic acids is 1. The van der Waals surface area contributed by atoms with Gasteiger partial charge >= 0.3 is 0 Å². The maximum atomic E-state index is 12.5. The van der Waals surface area contributed by atoms with Crippen LogP contribution in [0, 0.1) is 0 Å². The molecule has 0 atom stereocenters. The molecule has 1 amide bonds. The van der Waals surface area contributed by atoms with E-state index in [1.807, 2.05) is 55.5 Å². The molecule has 0 unspecified atom stereocenters. The molecule has 0 saturated carbocycles. The molecule has 1 heterocycles. The number of ether oxygens (including phenoxy) is 1. The van der Waals surface area contributed by atoms with Gasteiger partial charge in [-0.25, -0.2) is 4.98 Å². The van der Waals surface area contributed by atoms with Gasteiger partial charge in [-0.05, 0) is 62.7 Å². The lowest BCUT2D eigenvalue weighted by atomic mass is 10.1. The van der Waals surface area contributed by atoms with E-state index in [1.165, 1.54) is 5.56 Å². The second-order valence-electron chi connectivity index (χ2n) is 7.02. The number of anilines is 2. The lowest BCUT2D eigenvalue weighted by Crippen LogP contribution is -2.30. The van der Waals surface area contributed by atoms with Crippen molar-refractivity contribution in [3.63, 3.8) is 0 Å². The normalized spacial score (nSPS) is 10.6. The first-order valence-corrected chi connectivity index (χ1v) is 9.87. The number of rotatable bonds is 8. The number of nitrogens with one attached hydrogen (secondary N) is 1. The lowest BCUT2D eigenvalue weighted by molar-refractivity contribution is 0.102. The molecule has 1 N–H and O–H groups in total. The van der Waals surface area contributed by atoms with Crippen LogP contribution in [0.15, 0.2) is 72.9 Å². The zero-order chi connectivity index (χ0) is 20.6. The van der Waals surface area contributed by atoms with E-state index < -0.39 is 0 Å². The fourth-order valence-corrected chi connectivity index (χ4v) is 3.04. The van der Waals surface area contributed by atoms with E-state index in [0.717, 1.165) is 18.0 Å². The van der Waals surface area contributed by atoms with E-state index in [0.29, 0.717) is 24.0 Å². The van der Waals surface area contributed by atoms with Gasteiger partial charge < -0.3 is 15.0 Å². The monoisotopic (exact) mass is 389 g/mol. The molecular formula is C24H27N3O2. The van der Waals surface area contributed by atoms with Crippen molar-refractivity contribution in [1.29, 1.82) is 0 Å². The zero-order valence-electron chi connectivity index (χ0n) is 17.1. The van der Waals surface area contributed by atoms with Crippen molar-refractivity contribution in [3.05, 3.63) is 84.2 Å². The van der Waals surface area contributed by atoms with Gasteiger partial charge in [-0.2, -0.15) is 0 Å². The first-order chi connectivity index (χ1) is 14.1. The summed E-state index contributed by atoms with van der Waals surface area (Å²) in [6.45, 7) is 7.63. The van der Waals surface area contributed by atoms with Crippen molar-refractivity contribution in [2.24, 2.45) is 0 Å². The standard InChI is InChI=1S/C24H27N3O2/c1-4-29-22-13-10-20(11-14-22)26-24(28)23-15-12-21(16-25-23)27(18(2)3)17-19-8-6-5-7-9-19/h5-16,18H,4,17H2,1-3H3,(H,26,28). The smallest absolute Gasteiger partial charge is 0.274 e. The first-order valence-electron chi connectivity index (χ1n) is 9.87. The quantitative estimate of drug-likeness (QED) is 0.579. The van der Waals surface area contributed by atoms with Crippen molar-refractivity contribution >= 4 is 17.3 Å². The lowest BCUT2D eigenvalue weighted by Gasteiger charge is -2.29. The number of pyridine rings is 1. The van der Waals surface area contributed by atoms with E-state index in [4.69, 9.17) is 4.74 Å². The molecular weight excluding hydrogens is 362 g/mol. The van der Waals surface area contributed by atoms with Crippen LogP contribution in [0.25, 0.3) is 0 Å². The molecule has 0 fully saturated rings. The van der Waals surface area contributed by atoms with Gasteiger partial charge in [-0.1, -0.05) is 30.3 Å². The van der Waals surface area contributed by atoms with Crippen molar-refractivity contribution < 1.29 is 9.53 Å². The molecule has 3 rings (SSSR count). The second-order valence-corrected chi connectivity index (χ2v) is 7.02. The predicted octanol–water partition coefficient (Wildman–Crippen LogP) is 5.15. The van der Waals surface area contributed by atoms with E-state index in [-0.39, 0.29) is 5.91 Å². The molecule has 29 heavy (non-hydrogen) atoms. The Morgan fingerprint density at radius 1 is 1.03 bits per heavy atom. The summed E-state index contributed by atoms with van der Waals surface area (Å²) < 4.78 is 5.42. The van der Waals surface area contributed by atoms with Gasteiger partial charge in [0, 0.05) is 18.3 Å². The van der Waals surface area contributed by atoms with Gasteiger partial charge in [0.15, 0.2) is 0 Å². The third-order valence-corrected chi connectivity index (χ3v) is 4.55. The van der Waals surface area contributed by atoms with Crippen LogP contribution in [-0.2, 0) is 6.54 Å². The molecule has 150 valence electrons. The molecule has 0 radical (unpaired) electrons. The highest BCUT2D eigenvalue weighted by Gasteiger charge is 2.14. The molecule has 2 aromatic carbocycles. The Hall–Kier alpha value is -3.34. The third kappa shape index (κ3) is 5.57. The summed E-state index contributed by atoms with van der Waals surface area (Å²) in [5, 5.41) is 2.87. The summed E-state index contributed by atoms with van der Waals surface area (Å²) in [5.74, 6) is 0.542. The van der Waals surface area contributed by atoms with Crippen LogP contribution < -0.4 is 15.0 Å². The van der Waals surface area contributed by atoms with Crippen molar-refractivity contribution in [1.82, 2.24) is 4.98 Å². The maximum absolute atomic E-state index is 12.5. The van der Waals surface area contributed by atoms with Crippen LogP contribution in [0.3, 0.4) is 0 Å². The molecule has 5 nitrogen and oxygen atoms in total.